The number of rotatable bonds is 2. The first-order valence-electron chi connectivity index (χ1n) is 14.6. The van der Waals surface area contributed by atoms with Crippen molar-refractivity contribution in [1.82, 2.24) is 4.98 Å². The molecule has 4 heteroatoms. The molecule has 2 N–H and O–H groups in total. The van der Waals surface area contributed by atoms with Crippen LogP contribution in [0.1, 0.15) is 96.3 Å². The van der Waals surface area contributed by atoms with E-state index in [4.69, 9.17) is 0 Å². The standard InChI is InChI=1S/C20H20N.C15H28O2.Ir/c1-13(2)16-5-6-19-17(12-16)7-8-21-20(19)18-10-14(3)9-15(4)11-18;1-14(2)8-5-6-10-7-9-15(3,4)13(17)11(10)12(14)16;/h5-10,12-13H,1-4H3;10-13,16-17H,5-9H2,1-4H3;/q-1;;. The van der Waals surface area contributed by atoms with Crippen molar-refractivity contribution in [2.24, 2.45) is 22.7 Å². The van der Waals surface area contributed by atoms with Gasteiger partial charge in [-0.05, 0) is 76.4 Å². The maximum atomic E-state index is 10.7. The summed E-state index contributed by atoms with van der Waals surface area (Å²) in [6, 6.07) is 16.5. The van der Waals surface area contributed by atoms with E-state index >= 15 is 0 Å². The molecule has 5 rings (SSSR count). The fourth-order valence-corrected chi connectivity index (χ4v) is 6.73. The van der Waals surface area contributed by atoms with E-state index in [9.17, 15) is 10.2 Å². The van der Waals surface area contributed by atoms with Crippen LogP contribution in [0.3, 0.4) is 0 Å². The Bertz CT molecular complexity index is 1240. The second-order valence-corrected chi connectivity index (χ2v) is 13.7. The van der Waals surface area contributed by atoms with E-state index in [1.165, 1.54) is 41.2 Å². The van der Waals surface area contributed by atoms with E-state index in [0.717, 1.165) is 29.7 Å². The van der Waals surface area contributed by atoms with E-state index < -0.39 is 0 Å². The number of aliphatic hydroxyl groups excluding tert-OH is 2. The van der Waals surface area contributed by atoms with Gasteiger partial charge >= 0.3 is 0 Å². The fraction of sp³-hybridized carbons (Fsp3) is 0.571. The third-order valence-electron chi connectivity index (χ3n) is 9.29. The Morgan fingerprint density at radius 2 is 1.56 bits per heavy atom. The molecule has 4 unspecified atom stereocenters. The normalized spacial score (nSPS) is 25.6. The van der Waals surface area contributed by atoms with Crippen LogP contribution in [0.5, 0.6) is 0 Å². The van der Waals surface area contributed by atoms with Gasteiger partial charge in [-0.25, -0.2) is 0 Å². The molecule has 2 fully saturated rings. The molecule has 1 radical (unpaired) electrons. The second kappa shape index (κ2) is 12.5. The van der Waals surface area contributed by atoms with E-state index in [2.05, 4.69) is 103 Å². The molecular formula is C35H48IrNO2-. The van der Waals surface area contributed by atoms with Crippen molar-refractivity contribution in [3.63, 3.8) is 0 Å². The Kier molecular flexibility index (Phi) is 10.3. The van der Waals surface area contributed by atoms with Crippen LogP contribution in [-0.4, -0.2) is 27.4 Å². The number of aryl methyl sites for hydroxylation is 2. The molecule has 2 aliphatic carbocycles. The van der Waals surface area contributed by atoms with Gasteiger partial charge in [0.15, 0.2) is 0 Å². The van der Waals surface area contributed by atoms with Crippen LogP contribution >= 0.6 is 0 Å². The predicted octanol–water partition coefficient (Wildman–Crippen LogP) is 8.41. The van der Waals surface area contributed by atoms with E-state index in [1.807, 2.05) is 6.20 Å². The van der Waals surface area contributed by atoms with Gasteiger partial charge in [0, 0.05) is 32.2 Å². The Hall–Kier alpha value is -1.58. The Morgan fingerprint density at radius 1 is 0.897 bits per heavy atom. The first-order valence-corrected chi connectivity index (χ1v) is 14.6. The van der Waals surface area contributed by atoms with Gasteiger partial charge in [0.1, 0.15) is 0 Å². The van der Waals surface area contributed by atoms with Crippen molar-refractivity contribution in [3.8, 4) is 11.3 Å². The van der Waals surface area contributed by atoms with Crippen LogP contribution < -0.4 is 0 Å². The molecule has 3 nitrogen and oxygen atoms in total. The van der Waals surface area contributed by atoms with Crippen molar-refractivity contribution >= 4 is 10.8 Å². The van der Waals surface area contributed by atoms with Gasteiger partial charge in [-0.3, -0.25) is 0 Å². The Labute approximate surface area is 250 Å². The molecule has 1 aromatic heterocycles. The summed E-state index contributed by atoms with van der Waals surface area (Å²) in [6.45, 7) is 17.2. The zero-order valence-electron chi connectivity index (χ0n) is 25.1. The van der Waals surface area contributed by atoms with Crippen LogP contribution in [-0.2, 0) is 20.1 Å². The monoisotopic (exact) mass is 707 g/mol. The summed E-state index contributed by atoms with van der Waals surface area (Å²) in [6.07, 6.45) is 6.89. The first-order chi connectivity index (χ1) is 17.8. The van der Waals surface area contributed by atoms with Gasteiger partial charge in [0.05, 0.1) is 12.2 Å². The number of benzene rings is 2. The van der Waals surface area contributed by atoms with E-state index in [-0.39, 0.29) is 49.1 Å². The molecule has 4 atom stereocenters. The molecule has 2 saturated carbocycles. The van der Waals surface area contributed by atoms with Crippen molar-refractivity contribution in [1.29, 1.82) is 0 Å². The summed E-state index contributed by atoms with van der Waals surface area (Å²) in [5.74, 6) is 1.14. The van der Waals surface area contributed by atoms with Gasteiger partial charge in [0.25, 0.3) is 0 Å². The van der Waals surface area contributed by atoms with Gasteiger partial charge < -0.3 is 15.2 Å². The zero-order valence-corrected chi connectivity index (χ0v) is 27.5. The largest absolute Gasteiger partial charge is 0.392 e. The molecular weight excluding hydrogens is 659 g/mol. The minimum absolute atomic E-state index is 0. The molecule has 0 amide bonds. The fourth-order valence-electron chi connectivity index (χ4n) is 6.73. The van der Waals surface area contributed by atoms with E-state index in [1.54, 1.807) is 0 Å². The van der Waals surface area contributed by atoms with Crippen molar-refractivity contribution < 1.29 is 30.3 Å². The minimum Gasteiger partial charge on any atom is -0.392 e. The van der Waals surface area contributed by atoms with Crippen molar-refractivity contribution in [2.75, 3.05) is 0 Å². The molecule has 39 heavy (non-hydrogen) atoms. The van der Waals surface area contributed by atoms with Crippen LogP contribution in [0.25, 0.3) is 22.0 Å². The Balaban J connectivity index is 0.000000215. The third-order valence-corrected chi connectivity index (χ3v) is 9.29. The van der Waals surface area contributed by atoms with Crippen LogP contribution in [0, 0.1) is 42.6 Å². The number of hydrogen-bond acceptors (Lipinski definition) is 3. The van der Waals surface area contributed by atoms with Gasteiger partial charge in [0.2, 0.25) is 0 Å². The predicted molar refractivity (Wildman–Crippen MR) is 159 cm³/mol. The maximum absolute atomic E-state index is 10.7. The third kappa shape index (κ3) is 7.02. The summed E-state index contributed by atoms with van der Waals surface area (Å²) in [5.41, 5.74) is 5.78. The molecule has 0 spiro atoms. The SMILES string of the molecule is CC1(C)CCCC2CCC(C)(C)C(O)C2C1O.Cc1[c-]c(-c2nccc3cc(C(C)C)ccc23)cc(C)c1.[Ir]. The molecule has 3 aromatic rings. The van der Waals surface area contributed by atoms with E-state index in [0.29, 0.717) is 11.8 Å². The van der Waals surface area contributed by atoms with Crippen LogP contribution in [0.2, 0.25) is 0 Å². The summed E-state index contributed by atoms with van der Waals surface area (Å²) < 4.78 is 0. The van der Waals surface area contributed by atoms with Gasteiger partial charge in [-0.2, -0.15) is 0 Å². The summed E-state index contributed by atoms with van der Waals surface area (Å²) in [4.78, 5) is 4.60. The van der Waals surface area contributed by atoms with Crippen molar-refractivity contribution in [3.05, 3.63) is 65.4 Å². The number of nitrogens with zero attached hydrogens (tertiary/aromatic N) is 1. The minimum atomic E-state index is -0.357. The zero-order chi connectivity index (χ0) is 27.8. The smallest absolute Gasteiger partial charge is 0.0646 e. The number of pyridine rings is 1. The second-order valence-electron chi connectivity index (χ2n) is 13.7. The molecule has 2 aliphatic rings. The molecule has 0 aliphatic heterocycles. The van der Waals surface area contributed by atoms with Gasteiger partial charge in [-0.1, -0.05) is 80.0 Å². The maximum Gasteiger partial charge on any atom is 0.0646 e. The Morgan fingerprint density at radius 3 is 2.21 bits per heavy atom. The molecule has 1 heterocycles. The van der Waals surface area contributed by atoms with Crippen LogP contribution in [0.4, 0.5) is 0 Å². The summed E-state index contributed by atoms with van der Waals surface area (Å²) >= 11 is 0. The number of aliphatic hydroxyl groups is 2. The first kappa shape index (κ1) is 31.9. The summed E-state index contributed by atoms with van der Waals surface area (Å²) in [5, 5.41) is 23.7. The number of aromatic nitrogens is 1. The quantitative estimate of drug-likeness (QED) is 0.263. The van der Waals surface area contributed by atoms with Crippen molar-refractivity contribution in [2.45, 2.75) is 106 Å². The number of hydrogen-bond donors (Lipinski definition) is 2. The molecule has 215 valence electrons. The molecule has 0 bridgehead atoms. The summed E-state index contributed by atoms with van der Waals surface area (Å²) in [7, 11) is 0. The average Bonchev–Trinajstić information content (AvgIpc) is 2.96. The van der Waals surface area contributed by atoms with Crippen LogP contribution in [0.15, 0.2) is 42.6 Å². The topological polar surface area (TPSA) is 53.4 Å². The molecule has 2 aromatic carbocycles. The number of fused-ring (bicyclic) bond motifs is 2. The van der Waals surface area contributed by atoms with Gasteiger partial charge in [-0.15, -0.1) is 34.9 Å². The molecule has 0 saturated heterocycles. The average molecular weight is 707 g/mol.